The normalized spacial score (nSPS) is 15.5. The molecular weight excluding hydrogens is 506 g/mol. The molecule has 2 unspecified atom stereocenters. The van der Waals surface area contributed by atoms with E-state index in [1.54, 1.807) is 13.3 Å². The van der Waals surface area contributed by atoms with Crippen molar-refractivity contribution in [3.63, 3.8) is 0 Å². The average molecular weight is 532 g/mol. The summed E-state index contributed by atoms with van der Waals surface area (Å²) < 4.78 is 29.4. The summed E-state index contributed by atoms with van der Waals surface area (Å²) in [4.78, 5) is 37.8. The van der Waals surface area contributed by atoms with Gasteiger partial charge < -0.3 is 30.3 Å². The van der Waals surface area contributed by atoms with Gasteiger partial charge in [-0.15, -0.1) is 0 Å². The molecule has 190 valence electrons. The molecule has 11 nitrogen and oxygen atoms in total. The number of aryl methyl sites for hydroxylation is 3. The first-order chi connectivity index (χ1) is 16.8. The number of aliphatic hydroxyl groups is 1. The zero-order valence-electron chi connectivity index (χ0n) is 19.5. The Morgan fingerprint density at radius 3 is 2.36 bits per heavy atom. The van der Waals surface area contributed by atoms with Crippen LogP contribution in [0.3, 0.4) is 0 Å². The van der Waals surface area contributed by atoms with Gasteiger partial charge in [-0.25, -0.2) is 4.98 Å². The third-order valence-electron chi connectivity index (χ3n) is 6.19. The van der Waals surface area contributed by atoms with E-state index in [9.17, 15) is 28.9 Å². The summed E-state index contributed by atoms with van der Waals surface area (Å²) in [6.45, 7) is 2.01. The highest BCUT2D eigenvalue weighted by Crippen LogP contribution is 2.71. The fraction of sp³-hybridized carbons (Fsp3) is 0.217. The van der Waals surface area contributed by atoms with Crippen molar-refractivity contribution in [3.8, 4) is 5.75 Å². The lowest BCUT2D eigenvalue weighted by Crippen LogP contribution is -2.29. The first kappa shape index (κ1) is 26.2. The Balaban J connectivity index is 1.78. The Labute approximate surface area is 206 Å². The van der Waals surface area contributed by atoms with Crippen molar-refractivity contribution >= 4 is 42.7 Å². The second-order valence-corrected chi connectivity index (χ2v) is 12.5. The zero-order valence-corrected chi connectivity index (χ0v) is 21.3. The number of nitrogens with zero attached hydrogens (tertiary/aromatic N) is 2. The lowest BCUT2D eigenvalue weighted by atomic mass is 9.99. The Hall–Kier alpha value is -2.88. The van der Waals surface area contributed by atoms with Crippen LogP contribution < -0.4 is 16.0 Å². The average Bonchev–Trinajstić information content (AvgIpc) is 2.80. The lowest BCUT2D eigenvalue weighted by molar-refractivity contribution is 0.149. The monoisotopic (exact) mass is 532 g/mol. The molecule has 2 heterocycles. The van der Waals surface area contributed by atoms with Gasteiger partial charge in [0, 0.05) is 22.5 Å². The summed E-state index contributed by atoms with van der Waals surface area (Å²) in [5.41, 5.74) is 14.4. The quantitative estimate of drug-likeness (QED) is 0.151. The number of anilines is 1. The van der Waals surface area contributed by atoms with Gasteiger partial charge in [0.2, 0.25) is 0 Å². The van der Waals surface area contributed by atoms with E-state index in [1.165, 1.54) is 6.07 Å². The van der Waals surface area contributed by atoms with Gasteiger partial charge in [0.15, 0.2) is 5.82 Å². The van der Waals surface area contributed by atoms with Crippen LogP contribution in [0.4, 0.5) is 5.82 Å². The molecule has 0 saturated carbocycles. The minimum atomic E-state index is -5.59. The number of nitrogens with two attached hydrogens (primary N) is 2. The summed E-state index contributed by atoms with van der Waals surface area (Å²) in [6.07, 6.45) is 3.14. The molecule has 2 atom stereocenters. The van der Waals surface area contributed by atoms with Crippen molar-refractivity contribution in [2.45, 2.75) is 24.8 Å². The van der Waals surface area contributed by atoms with Gasteiger partial charge in [-0.1, -0.05) is 18.2 Å². The summed E-state index contributed by atoms with van der Waals surface area (Å²) in [7, 11) is -9.18. The topological polar surface area (TPSA) is 202 Å². The highest BCUT2D eigenvalue weighted by Gasteiger charge is 2.59. The molecule has 0 aliphatic carbocycles. The van der Waals surface area contributed by atoms with Crippen LogP contribution >= 0.6 is 15.1 Å². The van der Waals surface area contributed by atoms with Crippen molar-refractivity contribution in [2.75, 3.05) is 12.8 Å². The summed E-state index contributed by atoms with van der Waals surface area (Å²) in [6, 6.07) is 11.4. The first-order valence-electron chi connectivity index (χ1n) is 10.8. The molecule has 13 heteroatoms. The smallest absolute Gasteiger partial charge is 0.373 e. The lowest BCUT2D eigenvalue weighted by Gasteiger charge is -2.30. The van der Waals surface area contributed by atoms with Gasteiger partial charge in [0.05, 0.1) is 12.6 Å². The number of nitrogen functional groups attached to an aromatic ring is 1. The molecule has 8 N–H and O–H groups in total. The Morgan fingerprint density at radius 2 is 1.75 bits per heavy atom. The molecule has 0 saturated heterocycles. The Morgan fingerprint density at radius 1 is 1.03 bits per heavy atom. The van der Waals surface area contributed by atoms with Crippen LogP contribution in [0, 0.1) is 6.92 Å². The zero-order chi connectivity index (χ0) is 26.5. The van der Waals surface area contributed by atoms with Crippen LogP contribution in [0.25, 0.3) is 21.8 Å². The highest BCUT2D eigenvalue weighted by molar-refractivity contribution is 7.73. The number of hydrogen-bond donors (Lipinski definition) is 6. The van der Waals surface area contributed by atoms with Crippen molar-refractivity contribution in [2.24, 2.45) is 5.50 Å². The van der Waals surface area contributed by atoms with Crippen LogP contribution in [0.2, 0.25) is 0 Å². The summed E-state index contributed by atoms with van der Waals surface area (Å²) in [5.74, 6) is 0.835. The molecule has 4 rings (SSSR count). The van der Waals surface area contributed by atoms with Gasteiger partial charge in [-0.2, -0.15) is 0 Å². The van der Waals surface area contributed by atoms with E-state index in [0.717, 1.165) is 41.0 Å². The molecule has 2 aromatic carbocycles. The first-order valence-corrected chi connectivity index (χ1v) is 14.1. The van der Waals surface area contributed by atoms with E-state index in [1.807, 2.05) is 31.2 Å². The molecule has 4 aromatic rings. The summed E-state index contributed by atoms with van der Waals surface area (Å²) >= 11 is 0. The predicted molar refractivity (Wildman–Crippen MR) is 137 cm³/mol. The minimum Gasteiger partial charge on any atom is -0.497 e. The van der Waals surface area contributed by atoms with Gasteiger partial charge >= 0.3 is 15.1 Å². The van der Waals surface area contributed by atoms with Crippen LogP contribution in [-0.2, 0) is 27.1 Å². The van der Waals surface area contributed by atoms with Crippen molar-refractivity contribution in [3.05, 3.63) is 70.9 Å². The Kier molecular flexibility index (Phi) is 6.70. The molecular formula is C23H26N4O7P2. The van der Waals surface area contributed by atoms with Crippen LogP contribution in [0.1, 0.15) is 22.3 Å². The van der Waals surface area contributed by atoms with E-state index in [2.05, 4.69) is 9.97 Å². The number of rotatable bonds is 7. The standard InChI is InChI=1S/C23H26N4O7P2/c1-13-9-17(34-2)7-5-15(13)4-3-14-10-19-18-8-6-16(23(28,35(25,29)30)36(31,32)33)11-20(18)27-22(24)21(19)26-12-14/h5-12,28H,3-4H2,1-2H3,(H2,24,27)(H3,25,29,30)(H2,31,32,33). The molecule has 0 radical (unpaired) electrons. The maximum atomic E-state index is 12.1. The van der Waals surface area contributed by atoms with E-state index in [4.69, 9.17) is 16.0 Å². The number of aromatic nitrogens is 2. The number of ether oxygens (including phenoxy) is 1. The second kappa shape index (κ2) is 9.21. The van der Waals surface area contributed by atoms with Crippen LogP contribution in [0.5, 0.6) is 5.75 Å². The summed E-state index contributed by atoms with van der Waals surface area (Å²) in [5, 5.41) is 8.25. The van der Waals surface area contributed by atoms with E-state index in [-0.39, 0.29) is 11.3 Å². The highest BCUT2D eigenvalue weighted by atomic mass is 31.2. The van der Waals surface area contributed by atoms with Crippen LogP contribution in [0.15, 0.2) is 48.7 Å². The van der Waals surface area contributed by atoms with Gasteiger partial charge in [-0.3, -0.25) is 19.6 Å². The fourth-order valence-corrected chi connectivity index (χ4v) is 6.67. The SMILES string of the molecule is COc1ccc(CCc2cnc3c(N)nc4cc(C(O)(P(N)(=O)O)P(=O)(O)O)ccc4c3c2)c(C)c1. The molecule has 0 bridgehead atoms. The number of benzene rings is 2. The van der Waals surface area contributed by atoms with E-state index < -0.39 is 25.8 Å². The van der Waals surface area contributed by atoms with Crippen molar-refractivity contribution in [1.29, 1.82) is 0 Å². The molecule has 0 spiro atoms. The van der Waals surface area contributed by atoms with Gasteiger partial charge in [0.1, 0.15) is 11.3 Å². The van der Waals surface area contributed by atoms with Gasteiger partial charge in [0.25, 0.3) is 5.08 Å². The van der Waals surface area contributed by atoms with Crippen molar-refractivity contribution < 1.29 is 33.7 Å². The number of methoxy groups -OCH3 is 1. The second-order valence-electron chi connectivity index (χ2n) is 8.56. The van der Waals surface area contributed by atoms with E-state index in [0.29, 0.717) is 22.7 Å². The molecule has 0 fully saturated rings. The number of fused-ring (bicyclic) bond motifs is 3. The maximum absolute atomic E-state index is 12.1. The van der Waals surface area contributed by atoms with Crippen molar-refractivity contribution in [1.82, 2.24) is 9.97 Å². The molecule has 0 aliphatic rings. The Bertz CT molecular complexity index is 1560. The molecule has 2 aromatic heterocycles. The maximum Gasteiger partial charge on any atom is 0.373 e. The number of hydrogen-bond acceptors (Lipinski definition) is 7. The minimum absolute atomic E-state index is 0.0480. The molecule has 36 heavy (non-hydrogen) atoms. The van der Waals surface area contributed by atoms with Crippen LogP contribution in [-0.4, -0.2) is 36.9 Å². The fourth-order valence-electron chi connectivity index (χ4n) is 4.19. The largest absolute Gasteiger partial charge is 0.497 e. The third kappa shape index (κ3) is 4.51. The third-order valence-corrected chi connectivity index (χ3v) is 10.1. The van der Waals surface area contributed by atoms with Gasteiger partial charge in [-0.05, 0) is 60.7 Å². The molecule has 0 aliphatic heterocycles. The number of pyridine rings is 2. The molecule has 0 amide bonds. The van der Waals surface area contributed by atoms with E-state index >= 15 is 0 Å². The predicted octanol–water partition coefficient (Wildman–Crippen LogP) is 2.89.